The largest absolute Gasteiger partial charge is 0.368 e. The van der Waals surface area contributed by atoms with E-state index in [2.05, 4.69) is 18.6 Å². The minimum Gasteiger partial charge on any atom is -0.368 e. The van der Waals surface area contributed by atoms with Crippen molar-refractivity contribution in [2.45, 2.75) is 32.3 Å². The van der Waals surface area contributed by atoms with Gasteiger partial charge >= 0.3 is 0 Å². The molecule has 1 saturated carbocycles. The maximum atomic E-state index is 5.78. The van der Waals surface area contributed by atoms with Gasteiger partial charge in [0.15, 0.2) is 0 Å². The van der Waals surface area contributed by atoms with Gasteiger partial charge < -0.3 is 9.75 Å². The Labute approximate surface area is 92.8 Å². The van der Waals surface area contributed by atoms with Gasteiger partial charge in [0.1, 0.15) is 6.10 Å². The van der Waals surface area contributed by atoms with Gasteiger partial charge in [-0.2, -0.15) is 5.10 Å². The van der Waals surface area contributed by atoms with Crippen LogP contribution in [0.4, 0.5) is 0 Å². The van der Waals surface area contributed by atoms with Gasteiger partial charge in [0, 0.05) is 14.1 Å². The van der Waals surface area contributed by atoms with Crippen molar-refractivity contribution in [1.82, 2.24) is 5.01 Å². The first kappa shape index (κ1) is 12.2. The molecule has 1 rings (SSSR count). The van der Waals surface area contributed by atoms with Crippen LogP contribution in [0.5, 0.6) is 0 Å². The Morgan fingerprint density at radius 3 is 2.93 bits per heavy atom. The lowest BCUT2D eigenvalue weighted by Crippen LogP contribution is -2.36. The van der Waals surface area contributed by atoms with Crippen molar-refractivity contribution in [3.8, 4) is 0 Å². The minimum atomic E-state index is 0.180. The summed E-state index contributed by atoms with van der Waals surface area (Å²) in [6.45, 7) is 6.53. The molecule has 0 aromatic carbocycles. The number of ether oxygens (including phenoxy) is 1. The van der Waals surface area contributed by atoms with Crippen molar-refractivity contribution < 1.29 is 4.74 Å². The first-order valence-corrected chi connectivity index (χ1v) is 5.62. The lowest BCUT2D eigenvalue weighted by atomic mass is 9.86. The number of hydrogen-bond acceptors (Lipinski definition) is 3. The van der Waals surface area contributed by atoms with E-state index >= 15 is 0 Å². The van der Waals surface area contributed by atoms with Gasteiger partial charge in [0.05, 0.1) is 12.3 Å². The maximum Gasteiger partial charge on any atom is 0.100 e. The second kappa shape index (κ2) is 5.91. The zero-order valence-corrected chi connectivity index (χ0v) is 10.1. The van der Waals surface area contributed by atoms with E-state index in [1.807, 2.05) is 19.1 Å². The van der Waals surface area contributed by atoms with Gasteiger partial charge in [-0.1, -0.05) is 13.0 Å². The van der Waals surface area contributed by atoms with Crippen molar-refractivity contribution >= 4 is 5.71 Å². The van der Waals surface area contributed by atoms with Crippen LogP contribution in [-0.2, 0) is 4.74 Å². The zero-order chi connectivity index (χ0) is 11.3. The summed E-state index contributed by atoms with van der Waals surface area (Å²) in [6.07, 6.45) is 5.49. The summed E-state index contributed by atoms with van der Waals surface area (Å²) in [6, 6.07) is 0. The molecule has 0 amide bonds. The van der Waals surface area contributed by atoms with E-state index < -0.39 is 0 Å². The number of nitrogens with zero attached hydrogens (tertiary/aromatic N) is 2. The summed E-state index contributed by atoms with van der Waals surface area (Å²) in [4.78, 5) is 0. The fourth-order valence-corrected chi connectivity index (χ4v) is 2.02. The molecule has 3 heteroatoms. The van der Waals surface area contributed by atoms with Crippen LogP contribution in [-0.4, -0.2) is 37.5 Å². The van der Waals surface area contributed by atoms with Crippen LogP contribution in [0.15, 0.2) is 17.8 Å². The highest BCUT2D eigenvalue weighted by Gasteiger charge is 2.27. The minimum absolute atomic E-state index is 0.180. The lowest BCUT2D eigenvalue weighted by Gasteiger charge is -2.30. The van der Waals surface area contributed by atoms with Gasteiger partial charge in [-0.05, 0) is 25.2 Å². The Bertz CT molecular complexity index is 236. The van der Waals surface area contributed by atoms with Gasteiger partial charge in [-0.15, -0.1) is 6.58 Å². The first-order chi connectivity index (χ1) is 7.15. The Balaban J connectivity index is 2.68. The molecule has 86 valence electrons. The molecule has 0 aromatic rings. The van der Waals surface area contributed by atoms with Crippen LogP contribution in [0.1, 0.15) is 26.2 Å². The molecule has 1 fully saturated rings. The number of rotatable bonds is 4. The summed E-state index contributed by atoms with van der Waals surface area (Å²) in [5.74, 6) is 0.567. The maximum absolute atomic E-state index is 5.78. The normalized spacial score (nSPS) is 29.1. The molecular weight excluding hydrogens is 188 g/mol. The fourth-order valence-electron chi connectivity index (χ4n) is 2.02. The van der Waals surface area contributed by atoms with Gasteiger partial charge in [0.2, 0.25) is 0 Å². The molecule has 1 aliphatic rings. The van der Waals surface area contributed by atoms with Crippen molar-refractivity contribution in [1.29, 1.82) is 0 Å². The molecule has 0 bridgehead atoms. The molecule has 3 nitrogen and oxygen atoms in total. The fraction of sp³-hybridized carbons (Fsp3) is 0.750. The van der Waals surface area contributed by atoms with Crippen molar-refractivity contribution in [2.24, 2.45) is 11.0 Å². The highest BCUT2D eigenvalue weighted by Crippen LogP contribution is 2.25. The van der Waals surface area contributed by atoms with E-state index in [0.717, 1.165) is 6.42 Å². The number of hydrogen-bond donors (Lipinski definition) is 0. The molecule has 0 radical (unpaired) electrons. The molecule has 0 saturated heterocycles. The quantitative estimate of drug-likeness (QED) is 0.525. The molecule has 0 heterocycles. The molecule has 15 heavy (non-hydrogen) atoms. The molecule has 0 N–H and O–H groups in total. The Kier molecular flexibility index (Phi) is 4.82. The molecule has 0 aromatic heterocycles. The van der Waals surface area contributed by atoms with Crippen LogP contribution in [0.2, 0.25) is 0 Å². The third-order valence-corrected chi connectivity index (χ3v) is 2.66. The van der Waals surface area contributed by atoms with Gasteiger partial charge in [-0.3, -0.25) is 0 Å². The van der Waals surface area contributed by atoms with E-state index in [1.165, 1.54) is 18.6 Å². The molecule has 0 spiro atoms. The summed E-state index contributed by atoms with van der Waals surface area (Å²) < 4.78 is 5.78. The van der Waals surface area contributed by atoms with Crippen LogP contribution in [0, 0.1) is 5.92 Å². The average Bonchev–Trinajstić information content (AvgIpc) is 2.16. The average molecular weight is 210 g/mol. The molecule has 0 unspecified atom stereocenters. The predicted molar refractivity (Wildman–Crippen MR) is 64.1 cm³/mol. The Morgan fingerprint density at radius 1 is 1.60 bits per heavy atom. The van der Waals surface area contributed by atoms with Crippen molar-refractivity contribution in [2.75, 3.05) is 20.7 Å². The summed E-state index contributed by atoms with van der Waals surface area (Å²) in [5, 5.41) is 6.37. The third-order valence-electron chi connectivity index (χ3n) is 2.66. The second-order valence-corrected chi connectivity index (χ2v) is 4.35. The monoisotopic (exact) mass is 210 g/mol. The van der Waals surface area contributed by atoms with E-state index in [9.17, 15) is 0 Å². The third kappa shape index (κ3) is 3.67. The Morgan fingerprint density at radius 2 is 2.33 bits per heavy atom. The highest BCUT2D eigenvalue weighted by atomic mass is 16.5. The van der Waals surface area contributed by atoms with Crippen LogP contribution in [0.25, 0.3) is 0 Å². The molecule has 1 aliphatic carbocycles. The highest BCUT2D eigenvalue weighted by molar-refractivity contribution is 5.89. The van der Waals surface area contributed by atoms with Gasteiger partial charge in [0.25, 0.3) is 0 Å². The summed E-state index contributed by atoms with van der Waals surface area (Å²) in [7, 11) is 3.91. The number of hydrazone groups is 1. The summed E-state index contributed by atoms with van der Waals surface area (Å²) in [5.41, 5.74) is 1.18. The molecule has 2 atom stereocenters. The van der Waals surface area contributed by atoms with Crippen LogP contribution >= 0.6 is 0 Å². The topological polar surface area (TPSA) is 24.8 Å². The van der Waals surface area contributed by atoms with Crippen LogP contribution < -0.4 is 0 Å². The van der Waals surface area contributed by atoms with E-state index in [-0.39, 0.29) is 6.10 Å². The second-order valence-electron chi connectivity index (χ2n) is 4.35. The van der Waals surface area contributed by atoms with E-state index in [0.29, 0.717) is 12.5 Å². The SMILES string of the molecule is C=CCO[C@@H]1/C(=N/N(C)C)CCC[C@@H]1C. The van der Waals surface area contributed by atoms with Crippen LogP contribution in [0.3, 0.4) is 0 Å². The zero-order valence-electron chi connectivity index (χ0n) is 10.1. The standard InChI is InChI=1S/C12H22N2O/c1-5-9-15-12-10(2)7-6-8-11(12)13-14(3)4/h5,10,12H,1,6-9H2,2-4H3/b13-11+/t10-,12-/m0/s1. The predicted octanol–water partition coefficient (Wildman–Crippen LogP) is 2.30. The van der Waals surface area contributed by atoms with E-state index in [1.54, 1.807) is 6.08 Å². The molecular formula is C12H22N2O. The lowest BCUT2D eigenvalue weighted by molar-refractivity contribution is 0.0707. The summed E-state index contributed by atoms with van der Waals surface area (Å²) >= 11 is 0. The van der Waals surface area contributed by atoms with Crippen molar-refractivity contribution in [3.05, 3.63) is 12.7 Å². The van der Waals surface area contributed by atoms with Gasteiger partial charge in [-0.25, -0.2) is 0 Å². The Hall–Kier alpha value is -0.830. The smallest absolute Gasteiger partial charge is 0.100 e. The first-order valence-electron chi connectivity index (χ1n) is 5.62. The van der Waals surface area contributed by atoms with Crippen molar-refractivity contribution in [3.63, 3.8) is 0 Å². The van der Waals surface area contributed by atoms with E-state index in [4.69, 9.17) is 4.74 Å². The molecule has 0 aliphatic heterocycles.